The van der Waals surface area contributed by atoms with Gasteiger partial charge in [-0.1, -0.05) is 37.5 Å². The molecule has 0 aliphatic rings. The van der Waals surface area contributed by atoms with Gasteiger partial charge in [0.05, 0.1) is 5.69 Å². The van der Waals surface area contributed by atoms with Gasteiger partial charge in [-0.25, -0.2) is 0 Å². The molecule has 0 radical (unpaired) electrons. The number of nitrogens with one attached hydrogen (secondary N) is 1. The molecule has 17 heavy (non-hydrogen) atoms. The summed E-state index contributed by atoms with van der Waals surface area (Å²) >= 11 is 5.82. The Bertz CT molecular complexity index is 497. The second-order valence-corrected chi connectivity index (χ2v) is 5.39. The Kier molecular flexibility index (Phi) is 3.11. The van der Waals surface area contributed by atoms with Crippen LogP contribution in [0.5, 0.6) is 0 Å². The molecule has 1 N–H and O–H groups in total. The van der Waals surface area contributed by atoms with E-state index in [4.69, 9.17) is 16.1 Å². The summed E-state index contributed by atoms with van der Waals surface area (Å²) in [4.78, 5) is 0. The predicted molar refractivity (Wildman–Crippen MR) is 69.9 cm³/mol. The molecule has 0 saturated heterocycles. The largest absolute Gasteiger partial charge is 0.338 e. The molecule has 0 unspecified atom stereocenters. The molecule has 0 fully saturated rings. The quantitative estimate of drug-likeness (QED) is 0.860. The van der Waals surface area contributed by atoms with Gasteiger partial charge in [-0.05, 0) is 24.3 Å². The minimum Gasteiger partial charge on any atom is -0.338 e. The van der Waals surface area contributed by atoms with Crippen LogP contribution in [0.4, 0.5) is 11.6 Å². The SMILES string of the molecule is CC(C)(C)c1cc(Nc2ccc(Cl)cc2)on1. The molecule has 0 spiro atoms. The van der Waals surface area contributed by atoms with E-state index in [1.165, 1.54) is 0 Å². The number of hydrogen-bond acceptors (Lipinski definition) is 3. The van der Waals surface area contributed by atoms with Crippen LogP contribution in [0.15, 0.2) is 34.9 Å². The lowest BCUT2D eigenvalue weighted by molar-refractivity contribution is 0.404. The minimum atomic E-state index is -0.0105. The van der Waals surface area contributed by atoms with E-state index in [1.54, 1.807) is 0 Å². The summed E-state index contributed by atoms with van der Waals surface area (Å²) in [5.41, 5.74) is 1.84. The number of hydrogen-bond donors (Lipinski definition) is 1. The van der Waals surface area contributed by atoms with Gasteiger partial charge in [0.1, 0.15) is 0 Å². The summed E-state index contributed by atoms with van der Waals surface area (Å²) in [7, 11) is 0. The average Bonchev–Trinajstić information content (AvgIpc) is 2.69. The lowest BCUT2D eigenvalue weighted by Crippen LogP contribution is -2.10. The molecule has 4 heteroatoms. The van der Waals surface area contributed by atoms with Crippen molar-refractivity contribution in [1.82, 2.24) is 5.16 Å². The highest BCUT2D eigenvalue weighted by molar-refractivity contribution is 6.30. The van der Waals surface area contributed by atoms with Crippen molar-refractivity contribution in [3.8, 4) is 0 Å². The zero-order chi connectivity index (χ0) is 12.5. The van der Waals surface area contributed by atoms with Gasteiger partial charge in [0.25, 0.3) is 0 Å². The maximum Gasteiger partial charge on any atom is 0.229 e. The van der Waals surface area contributed by atoms with E-state index in [0.29, 0.717) is 10.9 Å². The third kappa shape index (κ3) is 3.01. The molecule has 2 rings (SSSR count). The normalized spacial score (nSPS) is 11.5. The molecule has 1 aromatic heterocycles. The minimum absolute atomic E-state index is 0.0105. The van der Waals surface area contributed by atoms with E-state index in [0.717, 1.165) is 11.4 Å². The number of benzene rings is 1. The molecule has 3 nitrogen and oxygen atoms in total. The zero-order valence-electron chi connectivity index (χ0n) is 10.1. The Hall–Kier alpha value is -1.48. The van der Waals surface area contributed by atoms with Crippen LogP contribution in [0.2, 0.25) is 5.02 Å². The van der Waals surface area contributed by atoms with E-state index in [9.17, 15) is 0 Å². The molecular formula is C13H15ClN2O. The summed E-state index contributed by atoms with van der Waals surface area (Å²) in [6.45, 7) is 6.28. The lowest BCUT2D eigenvalue weighted by Gasteiger charge is -2.12. The Morgan fingerprint density at radius 1 is 1.18 bits per heavy atom. The van der Waals surface area contributed by atoms with Crippen LogP contribution in [0.25, 0.3) is 0 Å². The number of anilines is 2. The van der Waals surface area contributed by atoms with Gasteiger partial charge < -0.3 is 9.84 Å². The summed E-state index contributed by atoms with van der Waals surface area (Å²) < 4.78 is 5.23. The van der Waals surface area contributed by atoms with Crippen molar-refractivity contribution in [2.24, 2.45) is 0 Å². The number of nitrogens with zero attached hydrogens (tertiary/aromatic N) is 1. The Morgan fingerprint density at radius 3 is 2.35 bits per heavy atom. The van der Waals surface area contributed by atoms with E-state index < -0.39 is 0 Å². The molecule has 0 amide bonds. The van der Waals surface area contributed by atoms with Crippen LogP contribution in [-0.2, 0) is 5.41 Å². The topological polar surface area (TPSA) is 38.1 Å². The van der Waals surface area contributed by atoms with Crippen LogP contribution in [0, 0.1) is 0 Å². The Labute approximate surface area is 106 Å². The first-order valence-corrected chi connectivity index (χ1v) is 5.83. The third-order valence-corrected chi connectivity index (χ3v) is 2.64. The van der Waals surface area contributed by atoms with Gasteiger partial charge >= 0.3 is 0 Å². The summed E-state index contributed by atoms with van der Waals surface area (Å²) in [5.74, 6) is 0.636. The molecule has 2 aromatic rings. The third-order valence-electron chi connectivity index (χ3n) is 2.39. The van der Waals surface area contributed by atoms with Gasteiger partial charge in [0.2, 0.25) is 5.88 Å². The first-order chi connectivity index (χ1) is 7.95. The van der Waals surface area contributed by atoms with Crippen LogP contribution >= 0.6 is 11.6 Å². The summed E-state index contributed by atoms with van der Waals surface area (Å²) in [6.07, 6.45) is 0. The fourth-order valence-electron chi connectivity index (χ4n) is 1.36. The fourth-order valence-corrected chi connectivity index (χ4v) is 1.49. The van der Waals surface area contributed by atoms with E-state index in [-0.39, 0.29) is 5.41 Å². The predicted octanol–water partition coefficient (Wildman–Crippen LogP) is 4.37. The molecule has 0 aliphatic carbocycles. The molecule has 0 atom stereocenters. The molecule has 0 aliphatic heterocycles. The highest BCUT2D eigenvalue weighted by Gasteiger charge is 2.18. The average molecular weight is 251 g/mol. The lowest BCUT2D eigenvalue weighted by atomic mass is 9.92. The molecule has 1 heterocycles. The summed E-state index contributed by atoms with van der Waals surface area (Å²) in [6, 6.07) is 9.34. The van der Waals surface area contributed by atoms with Gasteiger partial charge in [-0.3, -0.25) is 0 Å². The molecule has 0 saturated carbocycles. The van der Waals surface area contributed by atoms with Gasteiger partial charge in [-0.15, -0.1) is 0 Å². The Morgan fingerprint density at radius 2 is 1.82 bits per heavy atom. The molecular weight excluding hydrogens is 236 g/mol. The van der Waals surface area contributed by atoms with E-state index in [2.05, 4.69) is 31.2 Å². The fraction of sp³-hybridized carbons (Fsp3) is 0.308. The first kappa shape index (κ1) is 12.0. The first-order valence-electron chi connectivity index (χ1n) is 5.45. The smallest absolute Gasteiger partial charge is 0.229 e. The van der Waals surface area contributed by atoms with Crippen LogP contribution in [0.3, 0.4) is 0 Å². The van der Waals surface area contributed by atoms with Crippen molar-refractivity contribution < 1.29 is 4.52 Å². The van der Waals surface area contributed by atoms with Gasteiger partial charge in [0, 0.05) is 22.2 Å². The molecule has 0 bridgehead atoms. The monoisotopic (exact) mass is 250 g/mol. The van der Waals surface area contributed by atoms with Crippen LogP contribution < -0.4 is 5.32 Å². The molecule has 90 valence electrons. The maximum atomic E-state index is 5.82. The molecule has 1 aromatic carbocycles. The number of aromatic nitrogens is 1. The van der Waals surface area contributed by atoms with Crippen molar-refractivity contribution >= 4 is 23.2 Å². The maximum absolute atomic E-state index is 5.82. The van der Waals surface area contributed by atoms with Crippen LogP contribution in [0.1, 0.15) is 26.5 Å². The highest BCUT2D eigenvalue weighted by Crippen LogP contribution is 2.25. The van der Waals surface area contributed by atoms with Crippen molar-refractivity contribution in [3.05, 3.63) is 41.0 Å². The number of rotatable bonds is 2. The van der Waals surface area contributed by atoms with Crippen molar-refractivity contribution in [1.29, 1.82) is 0 Å². The Balaban J connectivity index is 2.14. The van der Waals surface area contributed by atoms with E-state index >= 15 is 0 Å². The highest BCUT2D eigenvalue weighted by atomic mass is 35.5. The second-order valence-electron chi connectivity index (χ2n) is 4.96. The number of halogens is 1. The summed E-state index contributed by atoms with van der Waals surface area (Å²) in [5, 5.41) is 7.88. The zero-order valence-corrected chi connectivity index (χ0v) is 10.9. The van der Waals surface area contributed by atoms with Gasteiger partial charge in [-0.2, -0.15) is 0 Å². The van der Waals surface area contributed by atoms with Crippen LogP contribution in [-0.4, -0.2) is 5.16 Å². The van der Waals surface area contributed by atoms with Gasteiger partial charge in [0.15, 0.2) is 0 Å². The van der Waals surface area contributed by atoms with Crippen molar-refractivity contribution in [3.63, 3.8) is 0 Å². The second kappa shape index (κ2) is 4.41. The standard InChI is InChI=1S/C13H15ClN2O/c1-13(2,3)11-8-12(17-16-11)15-10-6-4-9(14)5-7-10/h4-8,15H,1-3H3. The van der Waals surface area contributed by atoms with E-state index in [1.807, 2.05) is 30.3 Å². The van der Waals surface area contributed by atoms with Crippen molar-refractivity contribution in [2.45, 2.75) is 26.2 Å². The van der Waals surface area contributed by atoms with Crippen molar-refractivity contribution in [2.75, 3.05) is 5.32 Å².